The van der Waals surface area contributed by atoms with Crippen LogP contribution in [0.25, 0.3) is 0 Å². The van der Waals surface area contributed by atoms with Gasteiger partial charge in [-0.15, -0.1) is 0 Å². The molecule has 0 bridgehead atoms. The van der Waals surface area contributed by atoms with Gasteiger partial charge in [0.15, 0.2) is 5.11 Å². The van der Waals surface area contributed by atoms with Crippen molar-refractivity contribution in [3.8, 4) is 0 Å². The van der Waals surface area contributed by atoms with Gasteiger partial charge in [0.1, 0.15) is 0 Å². The number of hydrogen-bond acceptors (Lipinski definition) is 3. The lowest BCUT2D eigenvalue weighted by Gasteiger charge is -2.29. The first-order valence-corrected chi connectivity index (χ1v) is 6.74. The summed E-state index contributed by atoms with van der Waals surface area (Å²) in [5.41, 5.74) is 0. The number of nitrogens with zero attached hydrogens (tertiary/aromatic N) is 1. The summed E-state index contributed by atoms with van der Waals surface area (Å²) in [6.07, 6.45) is 3.30. The summed E-state index contributed by atoms with van der Waals surface area (Å²) in [6.45, 7) is 4.43. The van der Waals surface area contributed by atoms with Gasteiger partial charge in [0.2, 0.25) is 0 Å². The standard InChI is InChI=1S/C9H18N2OS2/c1-14-8-2-3-10-9(13)11-4-6-12-7-5-11/h2-8H2,1H3,(H,10,13). The quantitative estimate of drug-likeness (QED) is 0.577. The highest BCUT2D eigenvalue weighted by atomic mass is 32.2. The summed E-state index contributed by atoms with van der Waals surface area (Å²) in [5.74, 6) is 1.19. The Balaban J connectivity index is 2.07. The van der Waals surface area contributed by atoms with Gasteiger partial charge >= 0.3 is 0 Å². The number of nitrogens with one attached hydrogen (secondary N) is 1. The minimum atomic E-state index is 0.798. The fraction of sp³-hybridized carbons (Fsp3) is 0.889. The van der Waals surface area contributed by atoms with E-state index in [2.05, 4.69) is 16.5 Å². The Bertz CT molecular complexity index is 172. The molecule has 14 heavy (non-hydrogen) atoms. The van der Waals surface area contributed by atoms with Crippen LogP contribution < -0.4 is 5.32 Å². The lowest BCUT2D eigenvalue weighted by atomic mass is 10.4. The van der Waals surface area contributed by atoms with Crippen LogP contribution in [0.4, 0.5) is 0 Å². The number of rotatable bonds is 4. The Labute approximate surface area is 95.6 Å². The van der Waals surface area contributed by atoms with Crippen LogP contribution in [-0.2, 0) is 4.74 Å². The van der Waals surface area contributed by atoms with Crippen LogP contribution in [0.1, 0.15) is 6.42 Å². The van der Waals surface area contributed by atoms with Crippen LogP contribution >= 0.6 is 24.0 Å². The minimum Gasteiger partial charge on any atom is -0.378 e. The molecule has 82 valence electrons. The van der Waals surface area contributed by atoms with Crippen molar-refractivity contribution in [3.05, 3.63) is 0 Å². The van der Waals surface area contributed by atoms with Gasteiger partial charge in [0.05, 0.1) is 13.2 Å². The number of hydrogen-bond donors (Lipinski definition) is 1. The maximum Gasteiger partial charge on any atom is 0.169 e. The van der Waals surface area contributed by atoms with Crippen LogP contribution in [0.2, 0.25) is 0 Å². The molecule has 0 aliphatic carbocycles. The molecule has 0 atom stereocenters. The first-order valence-electron chi connectivity index (χ1n) is 4.94. The van der Waals surface area contributed by atoms with Crippen LogP contribution in [0.3, 0.4) is 0 Å². The molecule has 0 aromatic rings. The number of ether oxygens (including phenoxy) is 1. The largest absolute Gasteiger partial charge is 0.378 e. The Hall–Kier alpha value is -0.0000000000000000486. The third-order valence-corrected chi connectivity index (χ3v) is 3.20. The Kier molecular flexibility index (Phi) is 6.31. The average Bonchev–Trinajstić information content (AvgIpc) is 2.25. The van der Waals surface area contributed by atoms with E-state index < -0.39 is 0 Å². The van der Waals surface area contributed by atoms with Gasteiger partial charge in [-0.25, -0.2) is 0 Å². The molecule has 1 aliphatic rings. The van der Waals surface area contributed by atoms with Crippen molar-refractivity contribution in [3.63, 3.8) is 0 Å². The van der Waals surface area contributed by atoms with Crippen molar-refractivity contribution in [1.82, 2.24) is 10.2 Å². The molecule has 0 amide bonds. The second-order valence-corrected chi connectivity index (χ2v) is 4.55. The van der Waals surface area contributed by atoms with Crippen molar-refractivity contribution in [2.75, 3.05) is 44.9 Å². The third-order valence-electron chi connectivity index (χ3n) is 2.10. The topological polar surface area (TPSA) is 24.5 Å². The minimum absolute atomic E-state index is 0.798. The summed E-state index contributed by atoms with van der Waals surface area (Å²) in [4.78, 5) is 2.18. The van der Waals surface area contributed by atoms with Gasteiger partial charge in [-0.2, -0.15) is 11.8 Å². The molecule has 1 heterocycles. The van der Waals surface area contributed by atoms with Gasteiger partial charge in [-0.3, -0.25) is 0 Å². The smallest absolute Gasteiger partial charge is 0.169 e. The molecule has 0 radical (unpaired) electrons. The monoisotopic (exact) mass is 234 g/mol. The number of thiocarbonyl (C=S) groups is 1. The molecule has 1 N–H and O–H groups in total. The highest BCUT2D eigenvalue weighted by Crippen LogP contribution is 1.98. The van der Waals surface area contributed by atoms with E-state index in [-0.39, 0.29) is 0 Å². The van der Waals surface area contributed by atoms with Crippen LogP contribution in [0, 0.1) is 0 Å². The molecule has 1 saturated heterocycles. The Morgan fingerprint density at radius 1 is 1.50 bits per heavy atom. The summed E-state index contributed by atoms with van der Waals surface area (Å²) in [6, 6.07) is 0. The fourth-order valence-electron chi connectivity index (χ4n) is 1.29. The fourth-order valence-corrected chi connectivity index (χ4v) is 2.01. The predicted molar refractivity (Wildman–Crippen MR) is 66.0 cm³/mol. The third kappa shape index (κ3) is 4.48. The first kappa shape index (κ1) is 12.1. The summed E-state index contributed by atoms with van der Waals surface area (Å²) in [5, 5.41) is 4.16. The van der Waals surface area contributed by atoms with E-state index in [1.54, 1.807) is 0 Å². The summed E-state index contributed by atoms with van der Waals surface area (Å²) in [7, 11) is 0. The van der Waals surface area contributed by atoms with Crippen LogP contribution in [0.15, 0.2) is 0 Å². The molecule has 0 spiro atoms. The van der Waals surface area contributed by atoms with E-state index in [9.17, 15) is 0 Å². The summed E-state index contributed by atoms with van der Waals surface area (Å²) >= 11 is 7.15. The maximum atomic E-state index is 5.28. The molecule has 1 rings (SSSR count). The molecular weight excluding hydrogens is 216 g/mol. The number of thioether (sulfide) groups is 1. The van der Waals surface area contributed by atoms with Crippen molar-refractivity contribution < 1.29 is 4.74 Å². The van der Waals surface area contributed by atoms with E-state index in [1.165, 1.54) is 12.2 Å². The van der Waals surface area contributed by atoms with E-state index in [1.807, 2.05) is 11.8 Å². The first-order chi connectivity index (χ1) is 6.84. The highest BCUT2D eigenvalue weighted by molar-refractivity contribution is 7.98. The van der Waals surface area contributed by atoms with Crippen molar-refractivity contribution in [2.24, 2.45) is 0 Å². The Morgan fingerprint density at radius 3 is 2.86 bits per heavy atom. The van der Waals surface area contributed by atoms with Crippen LogP contribution in [0.5, 0.6) is 0 Å². The maximum absolute atomic E-state index is 5.28. The highest BCUT2D eigenvalue weighted by Gasteiger charge is 2.12. The molecule has 1 fully saturated rings. The van der Waals surface area contributed by atoms with Crippen LogP contribution in [-0.4, -0.2) is 54.9 Å². The molecule has 3 nitrogen and oxygen atoms in total. The normalized spacial score (nSPS) is 16.8. The molecular formula is C9H18N2OS2. The van der Waals surface area contributed by atoms with Crippen molar-refractivity contribution in [2.45, 2.75) is 6.42 Å². The van der Waals surface area contributed by atoms with Gasteiger partial charge in [-0.05, 0) is 30.6 Å². The predicted octanol–water partition coefficient (Wildman–Crippen LogP) is 0.946. The molecule has 0 aromatic carbocycles. The average molecular weight is 234 g/mol. The van der Waals surface area contributed by atoms with Crippen molar-refractivity contribution >= 4 is 29.1 Å². The van der Waals surface area contributed by atoms with Crippen molar-refractivity contribution in [1.29, 1.82) is 0 Å². The molecule has 1 aliphatic heterocycles. The number of morpholine rings is 1. The zero-order chi connectivity index (χ0) is 10.2. The second-order valence-electron chi connectivity index (χ2n) is 3.18. The summed E-state index contributed by atoms with van der Waals surface area (Å²) < 4.78 is 5.26. The van der Waals surface area contributed by atoms with E-state index in [0.29, 0.717) is 0 Å². The molecule has 0 saturated carbocycles. The zero-order valence-corrected chi connectivity index (χ0v) is 10.3. The van der Waals surface area contributed by atoms with E-state index in [4.69, 9.17) is 17.0 Å². The van der Waals surface area contributed by atoms with Gasteiger partial charge in [0.25, 0.3) is 0 Å². The second kappa shape index (κ2) is 7.31. The van der Waals surface area contributed by atoms with E-state index >= 15 is 0 Å². The molecule has 0 unspecified atom stereocenters. The van der Waals surface area contributed by atoms with E-state index in [0.717, 1.165) is 38.0 Å². The zero-order valence-electron chi connectivity index (χ0n) is 8.62. The van der Waals surface area contributed by atoms with Gasteiger partial charge in [0, 0.05) is 19.6 Å². The lowest BCUT2D eigenvalue weighted by molar-refractivity contribution is 0.0677. The van der Waals surface area contributed by atoms with Gasteiger partial charge in [-0.1, -0.05) is 0 Å². The Morgan fingerprint density at radius 2 is 2.21 bits per heavy atom. The molecule has 5 heteroatoms. The molecule has 0 aromatic heterocycles. The van der Waals surface area contributed by atoms with Gasteiger partial charge < -0.3 is 15.0 Å². The SMILES string of the molecule is CSCCCNC(=S)N1CCOCC1. The lowest BCUT2D eigenvalue weighted by Crippen LogP contribution is -2.46.